The van der Waals surface area contributed by atoms with Crippen LogP contribution in [-0.4, -0.2) is 23.8 Å². The van der Waals surface area contributed by atoms with Crippen molar-refractivity contribution < 1.29 is 14.6 Å². The Labute approximate surface area is 156 Å². The highest BCUT2D eigenvalue weighted by molar-refractivity contribution is 5.74. The smallest absolute Gasteiger partial charge is 0.334 e. The van der Waals surface area contributed by atoms with E-state index in [0.717, 1.165) is 12.8 Å². The van der Waals surface area contributed by atoms with E-state index in [1.165, 1.54) is 89.9 Å². The molecule has 0 aromatic carbocycles. The molecule has 0 saturated heterocycles. The topological polar surface area (TPSA) is 46.5 Å². The van der Waals surface area contributed by atoms with Gasteiger partial charge in [-0.05, 0) is 13.3 Å². The first kappa shape index (κ1) is 24.4. The molecule has 150 valence electrons. The molecule has 0 fully saturated rings. The summed E-state index contributed by atoms with van der Waals surface area (Å²) in [5, 5.41) is 9.59. The molecule has 0 rings (SSSR count). The molecule has 0 aliphatic carbocycles. The lowest BCUT2D eigenvalue weighted by atomic mass is 10.0. The van der Waals surface area contributed by atoms with Crippen molar-refractivity contribution in [3.63, 3.8) is 0 Å². The van der Waals surface area contributed by atoms with E-state index >= 15 is 0 Å². The van der Waals surface area contributed by atoms with Gasteiger partial charge in [0.15, 0.2) is 6.10 Å². The normalized spacial score (nSPS) is 12.3. The number of carbonyl (C=O) groups excluding carboxylic acids is 1. The number of hydrogen-bond acceptors (Lipinski definition) is 3. The summed E-state index contributed by atoms with van der Waals surface area (Å²) in [5.41, 5.74) is 0. The quantitative estimate of drug-likeness (QED) is 0.210. The third-order valence-corrected chi connectivity index (χ3v) is 4.89. The minimum atomic E-state index is -0.924. The summed E-state index contributed by atoms with van der Waals surface area (Å²) < 4.78 is 4.79. The van der Waals surface area contributed by atoms with Crippen LogP contribution in [0.1, 0.15) is 123 Å². The average molecular weight is 357 g/mol. The highest BCUT2D eigenvalue weighted by Gasteiger charge is 2.14. The zero-order valence-corrected chi connectivity index (χ0v) is 17.1. The second-order valence-corrected chi connectivity index (χ2v) is 7.36. The largest absolute Gasteiger partial charge is 0.464 e. The van der Waals surface area contributed by atoms with Crippen LogP contribution in [0.2, 0.25) is 0 Å². The van der Waals surface area contributed by atoms with Gasteiger partial charge in [0.05, 0.1) is 6.61 Å². The Hall–Kier alpha value is -0.570. The molecule has 0 bridgehead atoms. The zero-order chi connectivity index (χ0) is 18.6. The summed E-state index contributed by atoms with van der Waals surface area (Å²) >= 11 is 0. The lowest BCUT2D eigenvalue weighted by Gasteiger charge is -2.09. The molecule has 3 heteroatoms. The van der Waals surface area contributed by atoms with Gasteiger partial charge in [0.2, 0.25) is 0 Å². The lowest BCUT2D eigenvalue weighted by Crippen LogP contribution is -2.22. The van der Waals surface area contributed by atoms with Crippen molar-refractivity contribution in [1.82, 2.24) is 0 Å². The number of hydrogen-bond donors (Lipinski definition) is 1. The van der Waals surface area contributed by atoms with Gasteiger partial charge in [0.1, 0.15) is 0 Å². The molecule has 0 heterocycles. The predicted octanol–water partition coefficient (Wildman–Crippen LogP) is 6.56. The first-order valence-electron chi connectivity index (χ1n) is 11.1. The number of ether oxygens (including phenoxy) is 1. The fourth-order valence-electron chi connectivity index (χ4n) is 3.24. The van der Waals surface area contributed by atoms with Crippen molar-refractivity contribution in [1.29, 1.82) is 0 Å². The van der Waals surface area contributed by atoms with Crippen LogP contribution in [0.15, 0.2) is 0 Å². The summed E-state index contributed by atoms with van der Waals surface area (Å²) in [6, 6.07) is 0. The predicted molar refractivity (Wildman–Crippen MR) is 107 cm³/mol. The van der Waals surface area contributed by atoms with Gasteiger partial charge in [0, 0.05) is 0 Å². The Kier molecular flexibility index (Phi) is 19.3. The second kappa shape index (κ2) is 19.8. The van der Waals surface area contributed by atoms with Crippen LogP contribution in [0.3, 0.4) is 0 Å². The maximum absolute atomic E-state index is 11.3. The van der Waals surface area contributed by atoms with Crippen molar-refractivity contribution in [2.45, 2.75) is 129 Å². The Morgan fingerprint density at radius 1 is 0.680 bits per heavy atom. The van der Waals surface area contributed by atoms with Gasteiger partial charge in [-0.15, -0.1) is 0 Å². The third-order valence-electron chi connectivity index (χ3n) is 4.89. The molecule has 0 aromatic rings. The summed E-state index contributed by atoms with van der Waals surface area (Å²) in [6.45, 7) is 4.38. The molecular formula is C22H44O3. The van der Waals surface area contributed by atoms with Crippen molar-refractivity contribution >= 4 is 5.97 Å². The molecule has 0 aromatic heterocycles. The van der Waals surface area contributed by atoms with Gasteiger partial charge >= 0.3 is 5.97 Å². The fraction of sp³-hybridized carbons (Fsp3) is 0.955. The van der Waals surface area contributed by atoms with Crippen molar-refractivity contribution in [2.24, 2.45) is 0 Å². The summed E-state index contributed by atoms with van der Waals surface area (Å²) in [4.78, 5) is 11.3. The van der Waals surface area contributed by atoms with Gasteiger partial charge in [-0.3, -0.25) is 0 Å². The number of unbranched alkanes of at least 4 members (excludes halogenated alkanes) is 15. The molecule has 3 nitrogen and oxygen atoms in total. The van der Waals surface area contributed by atoms with E-state index in [1.807, 2.05) is 0 Å². The summed E-state index contributed by atoms with van der Waals surface area (Å²) in [5.74, 6) is -0.469. The van der Waals surface area contributed by atoms with E-state index in [0.29, 0.717) is 13.0 Å². The fourth-order valence-corrected chi connectivity index (χ4v) is 3.24. The molecule has 0 amide bonds. The average Bonchev–Trinajstić information content (AvgIpc) is 2.61. The van der Waals surface area contributed by atoms with Crippen molar-refractivity contribution in [3.8, 4) is 0 Å². The molecular weight excluding hydrogens is 312 g/mol. The standard InChI is InChI=1S/C22H44O3/c1-3-5-6-7-8-9-10-11-12-13-14-15-16-17-18-19-20-21(23)22(24)25-4-2/h21,23H,3-20H2,1-2H3. The highest BCUT2D eigenvalue weighted by atomic mass is 16.5. The molecule has 25 heavy (non-hydrogen) atoms. The lowest BCUT2D eigenvalue weighted by molar-refractivity contribution is -0.153. The zero-order valence-electron chi connectivity index (χ0n) is 17.1. The minimum absolute atomic E-state index is 0.342. The maximum Gasteiger partial charge on any atom is 0.334 e. The van der Waals surface area contributed by atoms with Crippen LogP contribution >= 0.6 is 0 Å². The van der Waals surface area contributed by atoms with Gasteiger partial charge in [0.25, 0.3) is 0 Å². The van der Waals surface area contributed by atoms with E-state index in [9.17, 15) is 9.90 Å². The summed E-state index contributed by atoms with van der Waals surface area (Å²) in [7, 11) is 0. The van der Waals surface area contributed by atoms with Crippen molar-refractivity contribution in [3.05, 3.63) is 0 Å². The van der Waals surface area contributed by atoms with Crippen LogP contribution in [0.25, 0.3) is 0 Å². The Balaban J connectivity index is 3.13. The number of carbonyl (C=O) groups is 1. The van der Waals surface area contributed by atoms with E-state index in [-0.39, 0.29) is 0 Å². The number of aliphatic hydroxyl groups excluding tert-OH is 1. The van der Waals surface area contributed by atoms with Crippen LogP contribution in [0.4, 0.5) is 0 Å². The Morgan fingerprint density at radius 3 is 1.40 bits per heavy atom. The van der Waals surface area contributed by atoms with Crippen molar-refractivity contribution in [2.75, 3.05) is 6.61 Å². The van der Waals surface area contributed by atoms with Crippen LogP contribution in [-0.2, 0) is 9.53 Å². The van der Waals surface area contributed by atoms with Crippen LogP contribution in [0.5, 0.6) is 0 Å². The monoisotopic (exact) mass is 356 g/mol. The summed E-state index contributed by atoms with van der Waals surface area (Å²) in [6.07, 6.45) is 20.9. The van der Waals surface area contributed by atoms with E-state index in [2.05, 4.69) is 6.92 Å². The first-order chi connectivity index (χ1) is 12.2. The number of rotatable bonds is 19. The first-order valence-corrected chi connectivity index (χ1v) is 11.1. The molecule has 0 spiro atoms. The minimum Gasteiger partial charge on any atom is -0.464 e. The Morgan fingerprint density at radius 2 is 1.04 bits per heavy atom. The second-order valence-electron chi connectivity index (χ2n) is 7.36. The maximum atomic E-state index is 11.3. The molecule has 0 aliphatic rings. The molecule has 0 saturated carbocycles. The van der Waals surface area contributed by atoms with E-state index in [4.69, 9.17) is 4.74 Å². The van der Waals surface area contributed by atoms with Crippen LogP contribution in [0, 0.1) is 0 Å². The molecule has 0 aliphatic heterocycles. The van der Waals surface area contributed by atoms with E-state index in [1.54, 1.807) is 6.92 Å². The van der Waals surface area contributed by atoms with Gasteiger partial charge in [-0.2, -0.15) is 0 Å². The third kappa shape index (κ3) is 18.0. The number of aliphatic hydroxyl groups is 1. The van der Waals surface area contributed by atoms with Crippen LogP contribution < -0.4 is 0 Å². The molecule has 1 unspecified atom stereocenters. The molecule has 1 N–H and O–H groups in total. The van der Waals surface area contributed by atoms with Gasteiger partial charge in [-0.1, -0.05) is 110 Å². The van der Waals surface area contributed by atoms with E-state index < -0.39 is 12.1 Å². The molecule has 0 radical (unpaired) electrons. The SMILES string of the molecule is CCCCCCCCCCCCCCCCCCC(O)C(=O)OCC. The Bertz CT molecular complexity index is 278. The van der Waals surface area contributed by atoms with Gasteiger partial charge < -0.3 is 9.84 Å². The van der Waals surface area contributed by atoms with Gasteiger partial charge in [-0.25, -0.2) is 4.79 Å². The highest BCUT2D eigenvalue weighted by Crippen LogP contribution is 2.14. The number of esters is 1. The molecule has 1 atom stereocenters.